The van der Waals surface area contributed by atoms with Crippen molar-refractivity contribution in [2.45, 2.75) is 26.0 Å². The number of aryl methyl sites for hydroxylation is 2. The van der Waals surface area contributed by atoms with Crippen LogP contribution in [0, 0.1) is 13.8 Å². The van der Waals surface area contributed by atoms with Gasteiger partial charge in [-0.1, -0.05) is 23.8 Å². The number of morpholine rings is 1. The molecule has 2 rings (SSSR count). The molecule has 0 spiro atoms. The van der Waals surface area contributed by atoms with E-state index >= 15 is 0 Å². The van der Waals surface area contributed by atoms with E-state index < -0.39 is 0 Å². The van der Waals surface area contributed by atoms with Crippen LogP contribution in [0.3, 0.4) is 0 Å². The van der Waals surface area contributed by atoms with E-state index in [0.717, 1.165) is 19.7 Å². The fraction of sp³-hybridized carbons (Fsp3) is 0.571. The van der Waals surface area contributed by atoms with E-state index in [0.29, 0.717) is 0 Å². The van der Waals surface area contributed by atoms with Crippen LogP contribution >= 0.6 is 0 Å². The molecule has 0 bridgehead atoms. The Bertz CT molecular complexity index is 392. The number of nitrogens with two attached hydrogens (primary N) is 1. The molecule has 0 radical (unpaired) electrons. The van der Waals surface area contributed by atoms with Crippen LogP contribution in [-0.4, -0.2) is 37.7 Å². The average molecular weight is 234 g/mol. The second-order valence-corrected chi connectivity index (χ2v) is 5.06. The molecule has 0 amide bonds. The Morgan fingerprint density at radius 2 is 2.18 bits per heavy atom. The molecular weight excluding hydrogens is 212 g/mol. The topological polar surface area (TPSA) is 38.5 Å². The lowest BCUT2D eigenvalue weighted by Crippen LogP contribution is -2.45. The number of benzene rings is 1. The molecule has 1 fully saturated rings. The molecule has 3 heteroatoms. The van der Waals surface area contributed by atoms with Crippen LogP contribution in [0.4, 0.5) is 0 Å². The van der Waals surface area contributed by atoms with Crippen molar-refractivity contribution < 1.29 is 4.74 Å². The number of likely N-dealkylation sites (N-methyl/N-ethyl adjacent to an activating group) is 1. The Labute approximate surface area is 104 Å². The van der Waals surface area contributed by atoms with E-state index in [-0.39, 0.29) is 12.1 Å². The predicted molar refractivity (Wildman–Crippen MR) is 70.1 cm³/mol. The largest absolute Gasteiger partial charge is 0.374 e. The summed E-state index contributed by atoms with van der Waals surface area (Å²) in [6.07, 6.45) is 0.107. The van der Waals surface area contributed by atoms with Crippen LogP contribution in [0.5, 0.6) is 0 Å². The van der Waals surface area contributed by atoms with Gasteiger partial charge in [0, 0.05) is 13.1 Å². The van der Waals surface area contributed by atoms with Gasteiger partial charge in [-0.25, -0.2) is 0 Å². The molecule has 3 nitrogen and oxygen atoms in total. The van der Waals surface area contributed by atoms with Crippen molar-refractivity contribution in [1.29, 1.82) is 0 Å². The molecule has 17 heavy (non-hydrogen) atoms. The molecule has 0 saturated carbocycles. The van der Waals surface area contributed by atoms with Crippen LogP contribution in [0.2, 0.25) is 0 Å². The van der Waals surface area contributed by atoms with Gasteiger partial charge in [0.15, 0.2) is 0 Å². The third-order valence-corrected chi connectivity index (χ3v) is 3.48. The third-order valence-electron chi connectivity index (χ3n) is 3.48. The molecule has 1 heterocycles. The van der Waals surface area contributed by atoms with Crippen molar-refractivity contribution in [2.24, 2.45) is 5.73 Å². The molecule has 2 N–H and O–H groups in total. The monoisotopic (exact) mass is 234 g/mol. The van der Waals surface area contributed by atoms with E-state index in [1.54, 1.807) is 0 Å². The molecule has 0 aromatic heterocycles. The minimum Gasteiger partial charge on any atom is -0.374 e. The number of ether oxygens (including phenoxy) is 1. The number of rotatable bonds is 2. The number of hydrogen-bond acceptors (Lipinski definition) is 3. The molecule has 94 valence electrons. The summed E-state index contributed by atoms with van der Waals surface area (Å²) in [4.78, 5) is 2.28. The molecular formula is C14H22N2O. The summed E-state index contributed by atoms with van der Waals surface area (Å²) in [5, 5.41) is 0. The summed E-state index contributed by atoms with van der Waals surface area (Å²) in [6.45, 7) is 6.91. The summed E-state index contributed by atoms with van der Waals surface area (Å²) >= 11 is 0. The maximum atomic E-state index is 6.33. The Hall–Kier alpha value is -0.900. The van der Waals surface area contributed by atoms with Crippen LogP contribution in [0.15, 0.2) is 18.2 Å². The van der Waals surface area contributed by atoms with Crippen molar-refractivity contribution in [3.05, 3.63) is 34.9 Å². The average Bonchev–Trinajstić information content (AvgIpc) is 2.28. The maximum absolute atomic E-state index is 6.33. The first-order valence-electron chi connectivity index (χ1n) is 6.21. The third kappa shape index (κ3) is 2.86. The second-order valence-electron chi connectivity index (χ2n) is 5.06. The van der Waals surface area contributed by atoms with Gasteiger partial charge in [-0.2, -0.15) is 0 Å². The molecule has 1 aromatic rings. The van der Waals surface area contributed by atoms with Crippen LogP contribution in [0.1, 0.15) is 22.7 Å². The summed E-state index contributed by atoms with van der Waals surface area (Å²) in [7, 11) is 2.12. The van der Waals surface area contributed by atoms with Gasteiger partial charge >= 0.3 is 0 Å². The minimum atomic E-state index is -0.0293. The first-order chi connectivity index (χ1) is 8.08. The first kappa shape index (κ1) is 12.6. The summed E-state index contributed by atoms with van der Waals surface area (Å²) in [6, 6.07) is 6.40. The highest BCUT2D eigenvalue weighted by Gasteiger charge is 2.25. The highest BCUT2D eigenvalue weighted by atomic mass is 16.5. The number of nitrogens with zero attached hydrogens (tertiary/aromatic N) is 1. The summed E-state index contributed by atoms with van der Waals surface area (Å²) in [5.41, 5.74) is 10.1. The molecule has 1 saturated heterocycles. The van der Waals surface area contributed by atoms with E-state index in [4.69, 9.17) is 10.5 Å². The van der Waals surface area contributed by atoms with Crippen LogP contribution in [0.25, 0.3) is 0 Å². The Morgan fingerprint density at radius 1 is 1.41 bits per heavy atom. The van der Waals surface area contributed by atoms with Crippen LogP contribution in [-0.2, 0) is 4.74 Å². The van der Waals surface area contributed by atoms with Gasteiger partial charge in [-0.15, -0.1) is 0 Å². The van der Waals surface area contributed by atoms with E-state index in [1.165, 1.54) is 16.7 Å². The van der Waals surface area contributed by atoms with Gasteiger partial charge in [-0.05, 0) is 32.0 Å². The highest BCUT2D eigenvalue weighted by molar-refractivity contribution is 5.33. The molecule has 1 aromatic carbocycles. The van der Waals surface area contributed by atoms with Crippen molar-refractivity contribution >= 4 is 0 Å². The lowest BCUT2D eigenvalue weighted by molar-refractivity contribution is -0.0327. The molecule has 1 aliphatic heterocycles. The van der Waals surface area contributed by atoms with E-state index in [2.05, 4.69) is 44.0 Å². The molecule has 0 aliphatic carbocycles. The van der Waals surface area contributed by atoms with Crippen molar-refractivity contribution in [1.82, 2.24) is 4.90 Å². The standard InChI is InChI=1S/C14H22N2O/c1-10-4-5-12(11(2)8-10)14(15)13-9-16(3)6-7-17-13/h4-5,8,13-14H,6-7,9,15H2,1-3H3. The van der Waals surface area contributed by atoms with Crippen molar-refractivity contribution in [3.8, 4) is 0 Å². The molecule has 2 atom stereocenters. The zero-order valence-corrected chi connectivity index (χ0v) is 10.9. The van der Waals surface area contributed by atoms with Gasteiger partial charge in [0.05, 0.1) is 18.8 Å². The van der Waals surface area contributed by atoms with E-state index in [9.17, 15) is 0 Å². The Kier molecular flexibility index (Phi) is 3.82. The van der Waals surface area contributed by atoms with E-state index in [1.807, 2.05) is 0 Å². The van der Waals surface area contributed by atoms with Crippen molar-refractivity contribution in [2.75, 3.05) is 26.7 Å². The second kappa shape index (κ2) is 5.17. The lowest BCUT2D eigenvalue weighted by atomic mass is 9.95. The summed E-state index contributed by atoms with van der Waals surface area (Å²) < 4.78 is 5.78. The normalized spacial score (nSPS) is 23.6. The van der Waals surface area contributed by atoms with Gasteiger partial charge in [0.25, 0.3) is 0 Å². The van der Waals surface area contributed by atoms with Gasteiger partial charge in [0.1, 0.15) is 0 Å². The fourth-order valence-corrected chi connectivity index (χ4v) is 2.43. The lowest BCUT2D eigenvalue weighted by Gasteiger charge is -2.34. The Balaban J connectivity index is 2.15. The van der Waals surface area contributed by atoms with Gasteiger partial charge in [-0.3, -0.25) is 0 Å². The molecule has 2 unspecified atom stereocenters. The Morgan fingerprint density at radius 3 is 2.82 bits per heavy atom. The van der Waals surface area contributed by atoms with Crippen LogP contribution < -0.4 is 5.73 Å². The zero-order chi connectivity index (χ0) is 12.4. The number of hydrogen-bond donors (Lipinski definition) is 1. The SMILES string of the molecule is Cc1ccc(C(N)C2CN(C)CCO2)c(C)c1. The summed E-state index contributed by atoms with van der Waals surface area (Å²) in [5.74, 6) is 0. The predicted octanol–water partition coefficient (Wildman–Crippen LogP) is 1.63. The highest BCUT2D eigenvalue weighted by Crippen LogP contribution is 2.23. The quantitative estimate of drug-likeness (QED) is 0.845. The maximum Gasteiger partial charge on any atom is 0.0894 e. The minimum absolute atomic E-state index is 0.0293. The van der Waals surface area contributed by atoms with Crippen molar-refractivity contribution in [3.63, 3.8) is 0 Å². The first-order valence-corrected chi connectivity index (χ1v) is 6.21. The molecule has 1 aliphatic rings. The smallest absolute Gasteiger partial charge is 0.0894 e. The van der Waals surface area contributed by atoms with Gasteiger partial charge in [0.2, 0.25) is 0 Å². The zero-order valence-electron chi connectivity index (χ0n) is 10.9. The van der Waals surface area contributed by atoms with Gasteiger partial charge < -0.3 is 15.4 Å². The fourth-order valence-electron chi connectivity index (χ4n) is 2.43.